The van der Waals surface area contributed by atoms with E-state index in [0.717, 1.165) is 35.1 Å². The molecule has 7 heteroatoms. The summed E-state index contributed by atoms with van der Waals surface area (Å²) in [6.45, 7) is 2.26. The second kappa shape index (κ2) is 10.9. The molecular weight excluding hydrogens is 456 g/mol. The molecule has 33 heavy (non-hydrogen) atoms. The van der Waals surface area contributed by atoms with Gasteiger partial charge in [0.2, 0.25) is 0 Å². The van der Waals surface area contributed by atoms with E-state index in [0.29, 0.717) is 30.0 Å². The lowest BCUT2D eigenvalue weighted by Crippen LogP contribution is -2.30. The summed E-state index contributed by atoms with van der Waals surface area (Å²) >= 11 is 7.86. The van der Waals surface area contributed by atoms with Crippen molar-refractivity contribution in [2.24, 2.45) is 0 Å². The van der Waals surface area contributed by atoms with Crippen LogP contribution in [0.3, 0.4) is 0 Å². The molecule has 1 aliphatic rings. The molecule has 0 unspecified atom stereocenters. The van der Waals surface area contributed by atoms with Crippen LogP contribution in [0.15, 0.2) is 65.6 Å². The average molecular weight is 483 g/mol. The van der Waals surface area contributed by atoms with Crippen LogP contribution < -0.4 is 19.7 Å². The Kier molecular flexibility index (Phi) is 7.68. The van der Waals surface area contributed by atoms with Crippen LogP contribution in [0.4, 0.5) is 5.69 Å². The number of fused-ring (bicyclic) bond motifs is 1. The molecule has 3 aromatic rings. The lowest BCUT2D eigenvalue weighted by atomic mass is 10.1. The van der Waals surface area contributed by atoms with Gasteiger partial charge >= 0.3 is 0 Å². The number of halogens is 1. The van der Waals surface area contributed by atoms with E-state index >= 15 is 0 Å². The molecule has 0 spiro atoms. The highest BCUT2D eigenvalue weighted by atomic mass is 35.5. The number of ether oxygens (including phenoxy) is 2. The van der Waals surface area contributed by atoms with Gasteiger partial charge in [-0.2, -0.15) is 0 Å². The van der Waals surface area contributed by atoms with Gasteiger partial charge in [-0.15, -0.1) is 11.8 Å². The minimum Gasteiger partial charge on any atom is -0.493 e. The molecule has 5 nitrogen and oxygen atoms in total. The van der Waals surface area contributed by atoms with Crippen molar-refractivity contribution in [3.8, 4) is 11.5 Å². The average Bonchev–Trinajstić information content (AvgIpc) is 2.85. The van der Waals surface area contributed by atoms with Crippen molar-refractivity contribution in [1.82, 2.24) is 5.32 Å². The molecule has 1 heterocycles. The molecule has 4 rings (SSSR count). The van der Waals surface area contributed by atoms with Crippen LogP contribution in [-0.4, -0.2) is 39.0 Å². The number of hydrogen-bond donors (Lipinski definition) is 1. The summed E-state index contributed by atoms with van der Waals surface area (Å²) in [5.74, 6) is 2.34. The first-order valence-electron chi connectivity index (χ1n) is 10.8. The molecule has 1 amide bonds. The Labute approximate surface area is 204 Å². The van der Waals surface area contributed by atoms with Crippen LogP contribution in [0.2, 0.25) is 5.02 Å². The Bertz CT molecular complexity index is 1120. The van der Waals surface area contributed by atoms with E-state index in [1.165, 1.54) is 10.5 Å². The molecule has 0 atom stereocenters. The van der Waals surface area contributed by atoms with Gasteiger partial charge in [0.25, 0.3) is 5.91 Å². The molecule has 172 valence electrons. The van der Waals surface area contributed by atoms with E-state index in [1.807, 2.05) is 54.2 Å². The van der Waals surface area contributed by atoms with E-state index in [-0.39, 0.29) is 5.91 Å². The highest BCUT2D eigenvalue weighted by Gasteiger charge is 2.19. The van der Waals surface area contributed by atoms with Gasteiger partial charge in [-0.25, -0.2) is 0 Å². The van der Waals surface area contributed by atoms with Gasteiger partial charge in [0.05, 0.1) is 19.9 Å². The van der Waals surface area contributed by atoms with E-state index < -0.39 is 0 Å². The maximum absolute atomic E-state index is 12.9. The van der Waals surface area contributed by atoms with Crippen molar-refractivity contribution in [3.63, 3.8) is 0 Å². The minimum absolute atomic E-state index is 0.0692. The van der Waals surface area contributed by atoms with Crippen LogP contribution in [0.5, 0.6) is 11.5 Å². The predicted molar refractivity (Wildman–Crippen MR) is 135 cm³/mol. The van der Waals surface area contributed by atoms with Crippen LogP contribution in [0.1, 0.15) is 21.5 Å². The Balaban J connectivity index is 1.41. The summed E-state index contributed by atoms with van der Waals surface area (Å²) in [4.78, 5) is 16.4. The number of thioether (sulfide) groups is 1. The third kappa shape index (κ3) is 5.75. The number of anilines is 1. The van der Waals surface area contributed by atoms with Gasteiger partial charge in [0.15, 0.2) is 11.5 Å². The van der Waals surface area contributed by atoms with Crippen molar-refractivity contribution in [2.45, 2.75) is 17.9 Å². The molecule has 0 saturated carbocycles. The fourth-order valence-electron chi connectivity index (χ4n) is 3.85. The van der Waals surface area contributed by atoms with Crippen LogP contribution in [0.25, 0.3) is 0 Å². The molecule has 1 aliphatic heterocycles. The number of carbonyl (C=O) groups is 1. The summed E-state index contributed by atoms with van der Waals surface area (Å²) in [6.07, 6.45) is 0.704. The largest absolute Gasteiger partial charge is 0.493 e. The number of amides is 1. The number of rotatable bonds is 8. The number of hydrogen-bond acceptors (Lipinski definition) is 5. The molecule has 0 fully saturated rings. The van der Waals surface area contributed by atoms with E-state index in [4.69, 9.17) is 21.1 Å². The van der Waals surface area contributed by atoms with Gasteiger partial charge in [-0.05, 0) is 60.0 Å². The van der Waals surface area contributed by atoms with Crippen LogP contribution >= 0.6 is 23.4 Å². The fraction of sp³-hybridized carbons (Fsp3) is 0.269. The smallest absolute Gasteiger partial charge is 0.251 e. The number of nitrogens with one attached hydrogen (secondary N) is 1. The van der Waals surface area contributed by atoms with Crippen molar-refractivity contribution in [1.29, 1.82) is 0 Å². The number of methoxy groups -OCH3 is 2. The topological polar surface area (TPSA) is 50.8 Å². The molecule has 0 saturated heterocycles. The summed E-state index contributed by atoms with van der Waals surface area (Å²) in [6, 6.07) is 19.7. The van der Waals surface area contributed by atoms with Crippen LogP contribution in [0, 0.1) is 0 Å². The van der Waals surface area contributed by atoms with Crippen LogP contribution in [-0.2, 0) is 13.0 Å². The lowest BCUT2D eigenvalue weighted by molar-refractivity contribution is 0.0954. The zero-order chi connectivity index (χ0) is 23.2. The highest BCUT2D eigenvalue weighted by Crippen LogP contribution is 2.36. The second-order valence-corrected chi connectivity index (χ2v) is 9.35. The van der Waals surface area contributed by atoms with Crippen molar-refractivity contribution in [2.75, 3.05) is 38.0 Å². The van der Waals surface area contributed by atoms with Gasteiger partial charge < -0.3 is 19.7 Å². The van der Waals surface area contributed by atoms with E-state index in [1.54, 1.807) is 14.2 Å². The summed E-state index contributed by atoms with van der Waals surface area (Å²) < 4.78 is 10.6. The summed E-state index contributed by atoms with van der Waals surface area (Å²) in [5.41, 5.74) is 4.05. The Morgan fingerprint density at radius 2 is 1.76 bits per heavy atom. The van der Waals surface area contributed by atoms with Crippen molar-refractivity contribution < 1.29 is 14.3 Å². The monoisotopic (exact) mass is 482 g/mol. The zero-order valence-electron chi connectivity index (χ0n) is 18.8. The van der Waals surface area contributed by atoms with Gasteiger partial charge in [0, 0.05) is 40.9 Å². The van der Waals surface area contributed by atoms with Crippen molar-refractivity contribution >= 4 is 35.0 Å². The first-order valence-corrected chi connectivity index (χ1v) is 12.2. The van der Waals surface area contributed by atoms with Gasteiger partial charge in [0.1, 0.15) is 0 Å². The SMILES string of the molecule is COc1ccc(CCNC(=O)c2ccc3c(c2)N(Cc2ccc(Cl)cc2)CCS3)cc1OC. The first-order chi connectivity index (χ1) is 16.1. The Morgan fingerprint density at radius 3 is 2.52 bits per heavy atom. The molecule has 3 aromatic carbocycles. The molecule has 1 N–H and O–H groups in total. The third-order valence-electron chi connectivity index (χ3n) is 5.61. The Morgan fingerprint density at radius 1 is 1.00 bits per heavy atom. The minimum atomic E-state index is -0.0692. The maximum Gasteiger partial charge on any atom is 0.251 e. The molecular formula is C26H27ClN2O3S. The summed E-state index contributed by atoms with van der Waals surface area (Å²) in [7, 11) is 3.24. The number of benzene rings is 3. The molecule has 0 bridgehead atoms. The quantitative estimate of drug-likeness (QED) is 0.463. The van der Waals surface area contributed by atoms with E-state index in [9.17, 15) is 4.79 Å². The van der Waals surface area contributed by atoms with Crippen molar-refractivity contribution in [3.05, 3.63) is 82.4 Å². The molecule has 0 aliphatic carbocycles. The fourth-order valence-corrected chi connectivity index (χ4v) is 5.00. The Hall–Kier alpha value is -2.83. The zero-order valence-corrected chi connectivity index (χ0v) is 20.3. The molecule has 0 aromatic heterocycles. The van der Waals surface area contributed by atoms with E-state index in [2.05, 4.69) is 28.4 Å². The second-order valence-electron chi connectivity index (χ2n) is 7.77. The standard InChI is InChI=1S/C26H27ClN2O3S/c1-31-23-9-5-18(15-24(23)32-2)11-12-28-26(30)20-6-10-25-22(16-20)29(13-14-33-25)17-19-3-7-21(27)8-4-19/h3-10,15-16H,11-14,17H2,1-2H3,(H,28,30). The lowest BCUT2D eigenvalue weighted by Gasteiger charge is -2.31. The van der Waals surface area contributed by atoms with Gasteiger partial charge in [-0.1, -0.05) is 29.8 Å². The highest BCUT2D eigenvalue weighted by molar-refractivity contribution is 7.99. The maximum atomic E-state index is 12.9. The first kappa shape index (κ1) is 23.3. The predicted octanol–water partition coefficient (Wildman–Crippen LogP) is 5.44. The van der Waals surface area contributed by atoms with Gasteiger partial charge in [-0.3, -0.25) is 4.79 Å². The molecule has 0 radical (unpaired) electrons. The summed E-state index contributed by atoms with van der Waals surface area (Å²) in [5, 5.41) is 3.78. The number of carbonyl (C=O) groups excluding carboxylic acids is 1. The normalized spacial score (nSPS) is 12.8. The third-order valence-corrected chi connectivity index (χ3v) is 6.91. The number of nitrogens with zero attached hydrogens (tertiary/aromatic N) is 1.